The third-order valence-corrected chi connectivity index (χ3v) is 5.48. The van der Waals surface area contributed by atoms with Gasteiger partial charge in [-0.25, -0.2) is 4.68 Å². The molecule has 2 aromatic carbocycles. The summed E-state index contributed by atoms with van der Waals surface area (Å²) in [4.78, 5) is 12.4. The van der Waals surface area contributed by atoms with Gasteiger partial charge in [0.1, 0.15) is 5.82 Å². The molecule has 28 heavy (non-hydrogen) atoms. The van der Waals surface area contributed by atoms with Crippen molar-refractivity contribution < 1.29 is 4.79 Å². The zero-order valence-electron chi connectivity index (χ0n) is 15.3. The Morgan fingerprint density at radius 3 is 2.64 bits per heavy atom. The first-order valence-corrected chi connectivity index (χ1v) is 10.2. The molecule has 0 radical (unpaired) electrons. The van der Waals surface area contributed by atoms with Crippen molar-refractivity contribution in [1.82, 2.24) is 20.2 Å². The molecule has 0 unspecified atom stereocenters. The molecule has 6 nitrogen and oxygen atoms in total. The Hall–Kier alpha value is -2.42. The van der Waals surface area contributed by atoms with Gasteiger partial charge in [0, 0.05) is 16.3 Å². The van der Waals surface area contributed by atoms with E-state index in [0.29, 0.717) is 21.6 Å². The highest BCUT2D eigenvalue weighted by Crippen LogP contribution is 2.21. The highest BCUT2D eigenvalue weighted by molar-refractivity contribution is 7.98. The molecular formula is C19H18ClN5OS2. The van der Waals surface area contributed by atoms with Crippen LogP contribution >= 0.6 is 35.6 Å². The van der Waals surface area contributed by atoms with E-state index >= 15 is 0 Å². The average Bonchev–Trinajstić information content (AvgIpc) is 3.02. The maximum absolute atomic E-state index is 12.4. The second-order valence-corrected chi connectivity index (χ2v) is 7.76. The highest BCUT2D eigenvalue weighted by atomic mass is 35.5. The lowest BCUT2D eigenvalue weighted by Crippen LogP contribution is -2.38. The summed E-state index contributed by atoms with van der Waals surface area (Å²) in [7, 11) is 0. The summed E-state index contributed by atoms with van der Waals surface area (Å²) >= 11 is 12.9. The average molecular weight is 432 g/mol. The van der Waals surface area contributed by atoms with E-state index in [9.17, 15) is 4.79 Å². The second kappa shape index (κ2) is 9.18. The molecule has 0 saturated heterocycles. The van der Waals surface area contributed by atoms with E-state index in [4.69, 9.17) is 23.8 Å². The smallest absolute Gasteiger partial charge is 0.257 e. The lowest BCUT2D eigenvalue weighted by Gasteiger charge is -2.13. The Morgan fingerprint density at radius 2 is 1.93 bits per heavy atom. The molecule has 2 N–H and O–H groups in total. The SMILES string of the molecule is Cc1ccc(C(=O)NC(=S)Nn2c(C)nnc2SCc2ccccc2)cc1Cl. The Balaban J connectivity index is 1.64. The fraction of sp³-hybridized carbons (Fsp3) is 0.158. The molecule has 1 heterocycles. The number of carbonyl (C=O) groups is 1. The van der Waals surface area contributed by atoms with Gasteiger partial charge in [-0.2, -0.15) is 0 Å². The van der Waals surface area contributed by atoms with Gasteiger partial charge in [-0.15, -0.1) is 10.2 Å². The van der Waals surface area contributed by atoms with Crippen molar-refractivity contribution in [3.05, 3.63) is 76.1 Å². The molecule has 3 rings (SSSR count). The van der Waals surface area contributed by atoms with Gasteiger partial charge in [-0.3, -0.25) is 15.5 Å². The number of rotatable bonds is 5. The molecule has 0 aliphatic heterocycles. The van der Waals surface area contributed by atoms with Crippen LogP contribution in [-0.4, -0.2) is 25.9 Å². The summed E-state index contributed by atoms with van der Waals surface area (Å²) in [6.45, 7) is 3.68. The van der Waals surface area contributed by atoms with Crippen LogP contribution in [0, 0.1) is 13.8 Å². The maximum Gasteiger partial charge on any atom is 0.257 e. The van der Waals surface area contributed by atoms with Gasteiger partial charge >= 0.3 is 0 Å². The topological polar surface area (TPSA) is 71.8 Å². The normalized spacial score (nSPS) is 10.5. The summed E-state index contributed by atoms with van der Waals surface area (Å²) in [5.74, 6) is 1.02. The quantitative estimate of drug-likeness (QED) is 0.468. The zero-order chi connectivity index (χ0) is 20.1. The monoisotopic (exact) mass is 431 g/mol. The Kier molecular flexibility index (Phi) is 6.66. The van der Waals surface area contributed by atoms with E-state index in [1.54, 1.807) is 29.8 Å². The van der Waals surface area contributed by atoms with Crippen molar-refractivity contribution in [2.24, 2.45) is 0 Å². The van der Waals surface area contributed by atoms with Crippen LogP contribution in [0.1, 0.15) is 27.3 Å². The summed E-state index contributed by atoms with van der Waals surface area (Å²) in [5.41, 5.74) is 5.46. The molecule has 3 aromatic rings. The molecule has 0 aliphatic carbocycles. The number of aryl methyl sites for hydroxylation is 2. The number of nitrogens with zero attached hydrogens (tertiary/aromatic N) is 3. The van der Waals surface area contributed by atoms with Gasteiger partial charge < -0.3 is 0 Å². The Morgan fingerprint density at radius 1 is 1.18 bits per heavy atom. The van der Waals surface area contributed by atoms with Gasteiger partial charge in [-0.05, 0) is 49.3 Å². The van der Waals surface area contributed by atoms with E-state index in [2.05, 4.69) is 20.9 Å². The molecule has 9 heteroatoms. The molecule has 0 fully saturated rings. The molecule has 0 saturated carbocycles. The van der Waals surface area contributed by atoms with Crippen LogP contribution in [-0.2, 0) is 5.75 Å². The van der Waals surface area contributed by atoms with Crippen molar-refractivity contribution in [3.8, 4) is 0 Å². The van der Waals surface area contributed by atoms with E-state index in [1.807, 2.05) is 37.3 Å². The number of thioether (sulfide) groups is 1. The van der Waals surface area contributed by atoms with Gasteiger partial charge in [0.2, 0.25) is 5.16 Å². The standard InChI is InChI=1S/C19H18ClN5OS2/c1-12-8-9-15(10-16(12)20)17(26)21-18(27)24-25-13(2)22-23-19(25)28-11-14-6-4-3-5-7-14/h3-10H,11H2,1-2H3,(H2,21,24,26,27). The molecule has 0 bridgehead atoms. The number of hydrogen-bond donors (Lipinski definition) is 2. The highest BCUT2D eigenvalue weighted by Gasteiger charge is 2.14. The fourth-order valence-corrected chi connectivity index (χ4v) is 3.58. The predicted molar refractivity (Wildman–Crippen MR) is 116 cm³/mol. The van der Waals surface area contributed by atoms with E-state index in [0.717, 1.165) is 11.3 Å². The minimum absolute atomic E-state index is 0.145. The van der Waals surface area contributed by atoms with E-state index in [1.165, 1.54) is 17.3 Å². The first kappa shape index (κ1) is 20.3. The Bertz CT molecular complexity index is 1010. The van der Waals surface area contributed by atoms with Crippen LogP contribution in [0.15, 0.2) is 53.7 Å². The summed E-state index contributed by atoms with van der Waals surface area (Å²) in [6, 6.07) is 15.2. The number of carbonyl (C=O) groups excluding carboxylic acids is 1. The summed E-state index contributed by atoms with van der Waals surface area (Å²) in [5, 5.41) is 12.2. The number of thiocarbonyl (C=S) groups is 1. The van der Waals surface area contributed by atoms with Gasteiger partial charge in [0.05, 0.1) is 0 Å². The van der Waals surface area contributed by atoms with Gasteiger partial charge in [0.15, 0.2) is 5.11 Å². The third kappa shape index (κ3) is 5.09. The fourth-order valence-electron chi connectivity index (χ4n) is 2.33. The lowest BCUT2D eigenvalue weighted by atomic mass is 10.1. The maximum atomic E-state index is 12.4. The van der Waals surface area contributed by atoms with Crippen LogP contribution in [0.4, 0.5) is 0 Å². The van der Waals surface area contributed by atoms with Crippen LogP contribution in [0.25, 0.3) is 0 Å². The number of nitrogens with one attached hydrogen (secondary N) is 2. The molecule has 1 aromatic heterocycles. The van der Waals surface area contributed by atoms with Crippen molar-refractivity contribution in [1.29, 1.82) is 0 Å². The first-order valence-electron chi connectivity index (χ1n) is 8.41. The van der Waals surface area contributed by atoms with Crippen molar-refractivity contribution >= 4 is 46.6 Å². The predicted octanol–water partition coefficient (Wildman–Crippen LogP) is 4.10. The molecule has 1 amide bonds. The van der Waals surface area contributed by atoms with Crippen molar-refractivity contribution in [3.63, 3.8) is 0 Å². The molecule has 0 spiro atoms. The largest absolute Gasteiger partial charge is 0.298 e. The minimum atomic E-state index is -0.344. The van der Waals surface area contributed by atoms with Crippen LogP contribution in [0.5, 0.6) is 0 Å². The van der Waals surface area contributed by atoms with Gasteiger partial charge in [0.25, 0.3) is 5.91 Å². The van der Waals surface area contributed by atoms with Crippen LogP contribution in [0.2, 0.25) is 5.02 Å². The summed E-state index contributed by atoms with van der Waals surface area (Å²) < 4.78 is 1.65. The Labute approximate surface area is 177 Å². The molecular weight excluding hydrogens is 414 g/mol. The zero-order valence-corrected chi connectivity index (χ0v) is 17.7. The molecule has 144 valence electrons. The molecule has 0 aliphatic rings. The van der Waals surface area contributed by atoms with E-state index in [-0.39, 0.29) is 11.0 Å². The number of hydrogen-bond acceptors (Lipinski definition) is 5. The van der Waals surface area contributed by atoms with Crippen LogP contribution in [0.3, 0.4) is 0 Å². The number of benzene rings is 2. The first-order chi connectivity index (χ1) is 13.4. The van der Waals surface area contributed by atoms with Crippen molar-refractivity contribution in [2.45, 2.75) is 24.8 Å². The third-order valence-electron chi connectivity index (χ3n) is 3.88. The van der Waals surface area contributed by atoms with E-state index < -0.39 is 0 Å². The van der Waals surface area contributed by atoms with Crippen LogP contribution < -0.4 is 10.7 Å². The van der Waals surface area contributed by atoms with Crippen molar-refractivity contribution in [2.75, 3.05) is 5.43 Å². The molecule has 0 atom stereocenters. The number of amides is 1. The van der Waals surface area contributed by atoms with Gasteiger partial charge in [-0.1, -0.05) is 59.8 Å². The number of aromatic nitrogens is 3. The minimum Gasteiger partial charge on any atom is -0.298 e. The second-order valence-electron chi connectivity index (χ2n) is 6.00. The summed E-state index contributed by atoms with van der Waals surface area (Å²) in [6.07, 6.45) is 0. The lowest BCUT2D eigenvalue weighted by molar-refractivity contribution is 0.0977. The number of halogens is 1.